The molecule has 1 aliphatic heterocycles. The highest BCUT2D eigenvalue weighted by atomic mass is 32.1. The van der Waals surface area contributed by atoms with Gasteiger partial charge >= 0.3 is 0 Å². The van der Waals surface area contributed by atoms with E-state index in [1.54, 1.807) is 11.4 Å². The lowest BCUT2D eigenvalue weighted by Crippen LogP contribution is -2.45. The van der Waals surface area contributed by atoms with E-state index in [0.29, 0.717) is 17.0 Å². The molecule has 1 unspecified atom stereocenters. The van der Waals surface area contributed by atoms with Crippen molar-refractivity contribution >= 4 is 23.2 Å². The van der Waals surface area contributed by atoms with Crippen molar-refractivity contribution in [1.82, 2.24) is 14.7 Å². The van der Waals surface area contributed by atoms with Crippen LogP contribution >= 0.6 is 11.3 Å². The number of hydrogen-bond donors (Lipinski definition) is 1. The van der Waals surface area contributed by atoms with Crippen molar-refractivity contribution in [2.45, 2.75) is 45.7 Å². The first-order valence-corrected chi connectivity index (χ1v) is 9.04. The second kappa shape index (κ2) is 6.76. The maximum atomic E-state index is 12.9. The highest BCUT2D eigenvalue weighted by molar-refractivity contribution is 7.12. The molecular formula is C17H22N4O2S. The van der Waals surface area contributed by atoms with Crippen molar-refractivity contribution in [3.8, 4) is 0 Å². The van der Waals surface area contributed by atoms with E-state index in [-0.39, 0.29) is 11.9 Å². The molecule has 1 aliphatic rings. The summed E-state index contributed by atoms with van der Waals surface area (Å²) < 4.78 is 1.98. The number of amides is 2. The molecule has 2 aromatic heterocycles. The molecule has 1 saturated heterocycles. The van der Waals surface area contributed by atoms with Crippen molar-refractivity contribution in [3.05, 3.63) is 39.3 Å². The van der Waals surface area contributed by atoms with Gasteiger partial charge < -0.3 is 10.6 Å². The van der Waals surface area contributed by atoms with Crippen molar-refractivity contribution in [2.75, 3.05) is 6.54 Å². The SMILES string of the molecule is Cc1cc(C)n(CC2CCCCN2C(=O)c2cc(C(N)=O)cs2)n1. The Balaban J connectivity index is 1.79. The van der Waals surface area contributed by atoms with E-state index < -0.39 is 5.91 Å². The minimum Gasteiger partial charge on any atom is -0.366 e. The predicted molar refractivity (Wildman–Crippen MR) is 93.2 cm³/mol. The van der Waals surface area contributed by atoms with Crippen molar-refractivity contribution < 1.29 is 9.59 Å². The summed E-state index contributed by atoms with van der Waals surface area (Å²) in [6.07, 6.45) is 3.09. The summed E-state index contributed by atoms with van der Waals surface area (Å²) in [5.41, 5.74) is 7.78. The minimum absolute atomic E-state index is 0.0151. The predicted octanol–water partition coefficient (Wildman–Crippen LogP) is 2.36. The molecule has 1 fully saturated rings. The molecule has 6 nitrogen and oxygen atoms in total. The Bertz CT molecular complexity index is 764. The number of likely N-dealkylation sites (tertiary alicyclic amines) is 1. The Morgan fingerprint density at radius 2 is 2.12 bits per heavy atom. The van der Waals surface area contributed by atoms with Gasteiger partial charge in [0.1, 0.15) is 0 Å². The summed E-state index contributed by atoms with van der Waals surface area (Å²) in [6.45, 7) is 5.46. The van der Waals surface area contributed by atoms with Crippen LogP contribution in [-0.4, -0.2) is 39.1 Å². The number of primary amides is 1. The molecule has 0 aromatic carbocycles. The average molecular weight is 346 g/mol. The molecule has 128 valence electrons. The van der Waals surface area contributed by atoms with E-state index in [1.807, 2.05) is 29.5 Å². The monoisotopic (exact) mass is 346 g/mol. The maximum absolute atomic E-state index is 12.9. The molecule has 0 spiro atoms. The zero-order valence-corrected chi connectivity index (χ0v) is 14.8. The summed E-state index contributed by atoms with van der Waals surface area (Å²) in [5.74, 6) is -0.512. The number of nitrogens with zero attached hydrogens (tertiary/aromatic N) is 3. The molecule has 0 aliphatic carbocycles. The van der Waals surface area contributed by atoms with Crippen molar-refractivity contribution in [2.24, 2.45) is 5.73 Å². The number of thiophene rings is 1. The lowest BCUT2D eigenvalue weighted by atomic mass is 10.0. The Morgan fingerprint density at radius 3 is 2.75 bits per heavy atom. The van der Waals surface area contributed by atoms with Crippen molar-refractivity contribution in [1.29, 1.82) is 0 Å². The van der Waals surface area contributed by atoms with Crippen LogP contribution in [0.1, 0.15) is 50.7 Å². The lowest BCUT2D eigenvalue weighted by molar-refractivity contribution is 0.0588. The van der Waals surface area contributed by atoms with Gasteiger partial charge in [0.2, 0.25) is 5.91 Å². The summed E-state index contributed by atoms with van der Waals surface area (Å²) in [6, 6.07) is 3.78. The van der Waals surface area contributed by atoms with Gasteiger partial charge in [-0.05, 0) is 45.2 Å². The van der Waals surface area contributed by atoms with E-state index in [9.17, 15) is 9.59 Å². The van der Waals surface area contributed by atoms with Crippen molar-refractivity contribution in [3.63, 3.8) is 0 Å². The van der Waals surface area contributed by atoms with Crippen LogP contribution in [0.15, 0.2) is 17.5 Å². The van der Waals surface area contributed by atoms with Crippen LogP contribution in [0.25, 0.3) is 0 Å². The lowest BCUT2D eigenvalue weighted by Gasteiger charge is -2.35. The molecule has 0 saturated carbocycles. The van der Waals surface area contributed by atoms with Gasteiger partial charge in [0.15, 0.2) is 0 Å². The van der Waals surface area contributed by atoms with Gasteiger partial charge in [-0.15, -0.1) is 11.3 Å². The van der Waals surface area contributed by atoms with Gasteiger partial charge in [0.25, 0.3) is 5.91 Å². The molecule has 3 rings (SSSR count). The Hall–Kier alpha value is -2.15. The van der Waals surface area contributed by atoms with Crippen LogP contribution in [0.5, 0.6) is 0 Å². The van der Waals surface area contributed by atoms with E-state index in [1.165, 1.54) is 11.3 Å². The minimum atomic E-state index is -0.497. The second-order valence-corrected chi connectivity index (χ2v) is 7.23. The van der Waals surface area contributed by atoms with E-state index >= 15 is 0 Å². The maximum Gasteiger partial charge on any atom is 0.264 e. The van der Waals surface area contributed by atoms with E-state index in [4.69, 9.17) is 5.73 Å². The van der Waals surface area contributed by atoms with Gasteiger partial charge in [0, 0.05) is 17.6 Å². The number of aromatic nitrogens is 2. The smallest absolute Gasteiger partial charge is 0.264 e. The number of carbonyl (C=O) groups is 2. The second-order valence-electron chi connectivity index (χ2n) is 6.32. The average Bonchev–Trinajstić information content (AvgIpc) is 3.14. The molecule has 7 heteroatoms. The van der Waals surface area contributed by atoms with Gasteiger partial charge in [-0.2, -0.15) is 5.10 Å². The van der Waals surface area contributed by atoms with Gasteiger partial charge in [0.05, 0.1) is 28.7 Å². The number of carbonyl (C=O) groups excluding carboxylic acids is 2. The summed E-state index contributed by atoms with van der Waals surface area (Å²) in [7, 11) is 0. The Labute approximate surface area is 145 Å². The summed E-state index contributed by atoms with van der Waals surface area (Å²) in [5, 5.41) is 6.17. The first-order valence-electron chi connectivity index (χ1n) is 8.16. The third kappa shape index (κ3) is 3.36. The van der Waals surface area contributed by atoms with Crippen LogP contribution < -0.4 is 5.73 Å². The van der Waals surface area contributed by atoms with E-state index in [2.05, 4.69) is 5.10 Å². The molecule has 24 heavy (non-hydrogen) atoms. The molecule has 2 N–H and O–H groups in total. The molecule has 3 heterocycles. The Morgan fingerprint density at radius 1 is 1.33 bits per heavy atom. The molecule has 1 atom stereocenters. The van der Waals surface area contributed by atoms with Gasteiger partial charge in [-0.25, -0.2) is 0 Å². The third-order valence-corrected chi connectivity index (χ3v) is 5.39. The van der Waals surface area contributed by atoms with Crippen LogP contribution in [0.3, 0.4) is 0 Å². The van der Waals surface area contributed by atoms with E-state index in [0.717, 1.165) is 37.2 Å². The third-order valence-electron chi connectivity index (χ3n) is 4.47. The quantitative estimate of drug-likeness (QED) is 0.923. The number of hydrogen-bond acceptors (Lipinski definition) is 4. The number of piperidine rings is 1. The molecule has 0 radical (unpaired) electrons. The zero-order chi connectivity index (χ0) is 17.3. The first-order chi connectivity index (χ1) is 11.5. The normalized spacial score (nSPS) is 17.9. The summed E-state index contributed by atoms with van der Waals surface area (Å²) in [4.78, 5) is 26.6. The number of nitrogens with two attached hydrogens (primary N) is 1. The fourth-order valence-electron chi connectivity index (χ4n) is 3.24. The van der Waals surface area contributed by atoms with Gasteiger partial charge in [-0.3, -0.25) is 14.3 Å². The summed E-state index contributed by atoms with van der Waals surface area (Å²) >= 11 is 1.28. The Kier molecular flexibility index (Phi) is 4.71. The fraction of sp³-hybridized carbons (Fsp3) is 0.471. The topological polar surface area (TPSA) is 81.2 Å². The van der Waals surface area contributed by atoms with Gasteiger partial charge in [-0.1, -0.05) is 0 Å². The first kappa shape index (κ1) is 16.7. The highest BCUT2D eigenvalue weighted by Gasteiger charge is 2.29. The van der Waals surface area contributed by atoms with Crippen LogP contribution in [0.2, 0.25) is 0 Å². The van der Waals surface area contributed by atoms with Crippen LogP contribution in [0, 0.1) is 13.8 Å². The fourth-order valence-corrected chi connectivity index (χ4v) is 4.09. The standard InChI is InChI=1S/C17H22N4O2S/c1-11-7-12(2)21(19-11)9-14-5-3-4-6-20(14)17(23)15-8-13(10-24-15)16(18)22/h7-8,10,14H,3-6,9H2,1-2H3,(H2,18,22). The number of rotatable bonds is 4. The molecule has 2 amide bonds. The molecular weight excluding hydrogens is 324 g/mol. The number of aryl methyl sites for hydroxylation is 2. The largest absolute Gasteiger partial charge is 0.366 e. The van der Waals surface area contributed by atoms with Crippen LogP contribution in [0.4, 0.5) is 0 Å². The molecule has 2 aromatic rings. The highest BCUT2D eigenvalue weighted by Crippen LogP contribution is 2.24. The molecule has 0 bridgehead atoms. The van der Waals surface area contributed by atoms with Crippen LogP contribution in [-0.2, 0) is 6.54 Å². The zero-order valence-electron chi connectivity index (χ0n) is 14.0.